The fraction of sp³-hybridized carbons (Fsp3) is 0.235. The van der Waals surface area contributed by atoms with Crippen LogP contribution in [0.4, 0.5) is 10.1 Å². The molecule has 1 amide bonds. The lowest BCUT2D eigenvalue weighted by Crippen LogP contribution is -2.15. The second-order valence-electron chi connectivity index (χ2n) is 4.83. The van der Waals surface area contributed by atoms with Crippen molar-refractivity contribution in [1.82, 2.24) is 0 Å². The summed E-state index contributed by atoms with van der Waals surface area (Å²) in [6, 6.07) is 9.45. The molecule has 0 fully saturated rings. The summed E-state index contributed by atoms with van der Waals surface area (Å²) in [5.41, 5.74) is 1.97. The van der Waals surface area contributed by atoms with Crippen LogP contribution in [0.1, 0.15) is 11.1 Å². The molecular weight excluding hydrogens is 285 g/mol. The third-order valence-corrected chi connectivity index (χ3v) is 3.31. The van der Waals surface area contributed by atoms with Crippen LogP contribution in [0.25, 0.3) is 0 Å². The molecule has 0 atom stereocenters. The van der Waals surface area contributed by atoms with Crippen LogP contribution in [0.3, 0.4) is 0 Å². The molecule has 0 aliphatic carbocycles. The van der Waals surface area contributed by atoms with Crippen molar-refractivity contribution >= 4 is 11.6 Å². The highest BCUT2D eigenvalue weighted by molar-refractivity contribution is 5.94. The third kappa shape index (κ3) is 3.55. The van der Waals surface area contributed by atoms with Gasteiger partial charge < -0.3 is 14.8 Å². The van der Waals surface area contributed by atoms with Crippen LogP contribution >= 0.6 is 0 Å². The van der Waals surface area contributed by atoms with Gasteiger partial charge in [0.25, 0.3) is 0 Å². The number of hydrogen-bond acceptors (Lipinski definition) is 3. The first-order valence-corrected chi connectivity index (χ1v) is 6.81. The molecule has 0 heterocycles. The van der Waals surface area contributed by atoms with Gasteiger partial charge in [0.05, 0.1) is 26.3 Å². The van der Waals surface area contributed by atoms with Crippen LogP contribution in [0.15, 0.2) is 36.4 Å². The number of nitrogens with one attached hydrogen (secondary N) is 1. The zero-order chi connectivity index (χ0) is 16.1. The molecule has 22 heavy (non-hydrogen) atoms. The van der Waals surface area contributed by atoms with Gasteiger partial charge in [-0.05, 0) is 36.8 Å². The molecule has 0 aliphatic heterocycles. The minimum Gasteiger partial charge on any atom is -0.496 e. The molecule has 0 spiro atoms. The van der Waals surface area contributed by atoms with E-state index in [1.807, 2.05) is 6.92 Å². The molecule has 1 N–H and O–H groups in total. The van der Waals surface area contributed by atoms with E-state index >= 15 is 0 Å². The van der Waals surface area contributed by atoms with Crippen molar-refractivity contribution in [1.29, 1.82) is 0 Å². The normalized spacial score (nSPS) is 10.2. The Balaban J connectivity index is 2.16. The highest BCUT2D eigenvalue weighted by Crippen LogP contribution is 2.34. The van der Waals surface area contributed by atoms with Crippen LogP contribution in [-0.2, 0) is 11.2 Å². The Morgan fingerprint density at radius 1 is 1.18 bits per heavy atom. The molecule has 0 saturated heterocycles. The highest BCUT2D eigenvalue weighted by Gasteiger charge is 2.13. The monoisotopic (exact) mass is 303 g/mol. The minimum absolute atomic E-state index is 0.0893. The van der Waals surface area contributed by atoms with Gasteiger partial charge in [0, 0.05) is 5.56 Å². The minimum atomic E-state index is -0.358. The summed E-state index contributed by atoms with van der Waals surface area (Å²) < 4.78 is 23.7. The van der Waals surface area contributed by atoms with Crippen molar-refractivity contribution in [2.75, 3.05) is 19.5 Å². The molecule has 4 nitrogen and oxygen atoms in total. The first-order chi connectivity index (χ1) is 10.5. The largest absolute Gasteiger partial charge is 0.496 e. The molecule has 116 valence electrons. The maximum atomic E-state index is 13.1. The average molecular weight is 303 g/mol. The third-order valence-electron chi connectivity index (χ3n) is 3.31. The predicted octanol–water partition coefficient (Wildman–Crippen LogP) is 3.33. The summed E-state index contributed by atoms with van der Waals surface area (Å²) in [6.07, 6.45) is 0.0893. The molecule has 0 unspecified atom stereocenters. The van der Waals surface area contributed by atoms with E-state index in [-0.39, 0.29) is 18.1 Å². The van der Waals surface area contributed by atoms with Gasteiger partial charge in [-0.3, -0.25) is 4.79 Å². The topological polar surface area (TPSA) is 47.6 Å². The number of carbonyl (C=O) groups excluding carboxylic acids is 1. The van der Waals surface area contributed by atoms with Gasteiger partial charge in [-0.15, -0.1) is 0 Å². The van der Waals surface area contributed by atoms with Crippen LogP contribution in [-0.4, -0.2) is 20.1 Å². The first kappa shape index (κ1) is 15.8. The molecule has 2 rings (SSSR count). The Bertz CT molecular complexity index is 686. The Morgan fingerprint density at radius 3 is 2.59 bits per heavy atom. The summed E-state index contributed by atoms with van der Waals surface area (Å²) in [7, 11) is 3.11. The van der Waals surface area contributed by atoms with Crippen molar-refractivity contribution < 1.29 is 18.7 Å². The summed E-state index contributed by atoms with van der Waals surface area (Å²) in [5, 5.41) is 2.78. The highest BCUT2D eigenvalue weighted by atomic mass is 19.1. The van der Waals surface area contributed by atoms with E-state index in [1.54, 1.807) is 31.4 Å². The van der Waals surface area contributed by atoms with Gasteiger partial charge in [0.1, 0.15) is 17.3 Å². The van der Waals surface area contributed by atoms with E-state index < -0.39 is 0 Å². The van der Waals surface area contributed by atoms with E-state index in [0.717, 1.165) is 5.56 Å². The van der Waals surface area contributed by atoms with Gasteiger partial charge in [-0.1, -0.05) is 12.1 Å². The maximum absolute atomic E-state index is 13.1. The molecular formula is C17H18FNO3. The van der Waals surface area contributed by atoms with Crippen molar-refractivity contribution in [2.45, 2.75) is 13.3 Å². The van der Waals surface area contributed by atoms with E-state index in [0.29, 0.717) is 22.7 Å². The summed E-state index contributed by atoms with van der Waals surface area (Å²) in [4.78, 5) is 12.1. The number of methoxy groups -OCH3 is 2. The lowest BCUT2D eigenvalue weighted by atomic mass is 10.1. The van der Waals surface area contributed by atoms with Crippen molar-refractivity contribution in [3.05, 3.63) is 53.3 Å². The van der Waals surface area contributed by atoms with E-state index in [4.69, 9.17) is 9.47 Å². The zero-order valence-corrected chi connectivity index (χ0v) is 12.8. The van der Waals surface area contributed by atoms with Gasteiger partial charge in [-0.25, -0.2) is 4.39 Å². The maximum Gasteiger partial charge on any atom is 0.228 e. The van der Waals surface area contributed by atoms with Crippen LogP contribution in [0.2, 0.25) is 0 Å². The number of halogens is 1. The Kier molecular flexibility index (Phi) is 4.99. The molecule has 0 bridgehead atoms. The van der Waals surface area contributed by atoms with Crippen LogP contribution in [0, 0.1) is 12.7 Å². The van der Waals surface area contributed by atoms with Gasteiger partial charge in [-0.2, -0.15) is 0 Å². The Morgan fingerprint density at radius 2 is 1.95 bits per heavy atom. The number of carbonyl (C=O) groups is 1. The number of rotatable bonds is 5. The number of hydrogen-bond donors (Lipinski definition) is 1. The zero-order valence-electron chi connectivity index (χ0n) is 12.8. The second-order valence-corrected chi connectivity index (χ2v) is 4.83. The number of amides is 1. The van der Waals surface area contributed by atoms with Crippen molar-refractivity contribution in [2.24, 2.45) is 0 Å². The molecule has 2 aromatic carbocycles. The van der Waals surface area contributed by atoms with Gasteiger partial charge in [0.2, 0.25) is 5.91 Å². The quantitative estimate of drug-likeness (QED) is 0.921. The van der Waals surface area contributed by atoms with Crippen LogP contribution < -0.4 is 14.8 Å². The number of ether oxygens (including phenoxy) is 2. The summed E-state index contributed by atoms with van der Waals surface area (Å²) in [5.74, 6) is 0.628. The standard InChI is InChI=1S/C17H18FNO3/c1-11-15(21-2)8-7-14(17(11)22-3)19-16(20)10-12-5-4-6-13(18)9-12/h4-9H,10H2,1-3H3,(H,19,20). The first-order valence-electron chi connectivity index (χ1n) is 6.81. The number of anilines is 1. The molecule has 0 aliphatic rings. The molecule has 0 radical (unpaired) electrons. The molecule has 0 saturated carbocycles. The van der Waals surface area contributed by atoms with Crippen molar-refractivity contribution in [3.63, 3.8) is 0 Å². The van der Waals surface area contributed by atoms with E-state index in [1.165, 1.54) is 19.2 Å². The average Bonchev–Trinajstić information content (AvgIpc) is 2.47. The number of benzene rings is 2. The Labute approximate surface area is 128 Å². The smallest absolute Gasteiger partial charge is 0.228 e. The lowest BCUT2D eigenvalue weighted by Gasteiger charge is -2.15. The lowest BCUT2D eigenvalue weighted by molar-refractivity contribution is -0.115. The fourth-order valence-corrected chi connectivity index (χ4v) is 2.28. The van der Waals surface area contributed by atoms with Crippen molar-refractivity contribution in [3.8, 4) is 11.5 Å². The van der Waals surface area contributed by atoms with E-state index in [2.05, 4.69) is 5.32 Å². The van der Waals surface area contributed by atoms with Gasteiger partial charge >= 0.3 is 0 Å². The summed E-state index contributed by atoms with van der Waals surface area (Å²) >= 11 is 0. The predicted molar refractivity (Wildman–Crippen MR) is 83.0 cm³/mol. The SMILES string of the molecule is COc1ccc(NC(=O)Cc2cccc(F)c2)c(OC)c1C. The summed E-state index contributed by atoms with van der Waals surface area (Å²) in [6.45, 7) is 1.85. The van der Waals surface area contributed by atoms with E-state index in [9.17, 15) is 9.18 Å². The molecule has 5 heteroatoms. The fourth-order valence-electron chi connectivity index (χ4n) is 2.28. The molecule has 2 aromatic rings. The Hall–Kier alpha value is -2.56. The van der Waals surface area contributed by atoms with Gasteiger partial charge in [0.15, 0.2) is 0 Å². The second kappa shape index (κ2) is 6.93. The molecule has 0 aromatic heterocycles. The van der Waals surface area contributed by atoms with Crippen LogP contribution in [0.5, 0.6) is 11.5 Å².